The molecule has 1 aromatic carbocycles. The van der Waals surface area contributed by atoms with Crippen LogP contribution in [0.15, 0.2) is 6.07 Å². The molecule has 8 heteroatoms. The summed E-state index contributed by atoms with van der Waals surface area (Å²) in [6.45, 7) is 2.00. The first-order chi connectivity index (χ1) is 7.13. The van der Waals surface area contributed by atoms with E-state index in [-0.39, 0.29) is 44.7 Å². The number of hydrogen-bond acceptors (Lipinski definition) is 1. The van der Waals surface area contributed by atoms with Crippen LogP contribution in [-0.4, -0.2) is 36.3 Å². The number of rotatable bonds is 0. The van der Waals surface area contributed by atoms with Gasteiger partial charge in [-0.25, -0.2) is 8.78 Å². The van der Waals surface area contributed by atoms with E-state index in [0.717, 1.165) is 13.2 Å². The predicted molar refractivity (Wildman–Crippen MR) is 61.2 cm³/mol. The van der Waals surface area contributed by atoms with Gasteiger partial charge in [-0.3, -0.25) is 8.78 Å². The minimum absolute atomic E-state index is 0. The summed E-state index contributed by atoms with van der Waals surface area (Å²) in [5, 5.41) is 0. The van der Waals surface area contributed by atoms with Crippen molar-refractivity contribution in [2.45, 2.75) is 12.8 Å². The van der Waals surface area contributed by atoms with Crippen LogP contribution in [0, 0.1) is 29.3 Å². The standard InChI is InChI=1S/C6HF4.C4H8O.BrH.FH.Mg/c7-3-1-2-4(8)6(10)5(3)9;1-2-4-5-3-1;;;/h1H;1-4H2;2*1H;/q-1;;;;+2/p-1. The van der Waals surface area contributed by atoms with E-state index < -0.39 is 23.3 Å². The molecule has 0 aliphatic carbocycles. The summed E-state index contributed by atoms with van der Waals surface area (Å²) in [7, 11) is 0. The van der Waals surface area contributed by atoms with Crippen molar-refractivity contribution in [2.75, 3.05) is 13.2 Å². The Morgan fingerprint density at radius 1 is 1.00 bits per heavy atom. The summed E-state index contributed by atoms with van der Waals surface area (Å²) in [4.78, 5) is 0. The minimum Gasteiger partial charge on any atom is -1.00 e. The molecule has 0 saturated carbocycles. The second-order valence-corrected chi connectivity index (χ2v) is 2.90. The fourth-order valence-electron chi connectivity index (χ4n) is 0.965. The Bertz CT molecular complexity index is 302. The van der Waals surface area contributed by atoms with Crippen LogP contribution in [0.5, 0.6) is 0 Å². The average molecular weight is 345 g/mol. The summed E-state index contributed by atoms with van der Waals surface area (Å²) in [5.74, 6) is -6.60. The molecule has 0 N–H and O–H groups in total. The molecule has 0 bridgehead atoms. The van der Waals surface area contributed by atoms with E-state index in [1.165, 1.54) is 12.8 Å². The van der Waals surface area contributed by atoms with Crippen molar-refractivity contribution in [3.05, 3.63) is 35.4 Å². The molecular formula is C10H10BrF5MgO. The molecule has 0 unspecified atom stereocenters. The topological polar surface area (TPSA) is 9.23 Å². The number of ether oxygens (including phenoxy) is 1. The van der Waals surface area contributed by atoms with E-state index in [0.29, 0.717) is 6.07 Å². The van der Waals surface area contributed by atoms with Gasteiger partial charge in [0.25, 0.3) is 0 Å². The molecule has 0 aromatic heterocycles. The van der Waals surface area contributed by atoms with Gasteiger partial charge in [-0.1, -0.05) is 0 Å². The smallest absolute Gasteiger partial charge is 1.00 e. The molecule has 0 atom stereocenters. The van der Waals surface area contributed by atoms with Crippen molar-refractivity contribution in [3.8, 4) is 0 Å². The second-order valence-electron chi connectivity index (χ2n) is 2.90. The molecule has 1 fully saturated rings. The van der Waals surface area contributed by atoms with Crippen molar-refractivity contribution < 1.29 is 27.0 Å². The Morgan fingerprint density at radius 3 is 1.83 bits per heavy atom. The SMILES string of the molecule is Br.C1CCOC1.Fc1[c-]cc(F)c(F)c1F.[F-].[Mg+2]. The van der Waals surface area contributed by atoms with Gasteiger partial charge in [0, 0.05) is 24.8 Å². The molecule has 0 amide bonds. The van der Waals surface area contributed by atoms with Crippen LogP contribution in [0.4, 0.5) is 17.6 Å². The zero-order valence-corrected chi connectivity index (χ0v) is 12.4. The van der Waals surface area contributed by atoms with Gasteiger partial charge in [0.1, 0.15) is 0 Å². The van der Waals surface area contributed by atoms with Crippen LogP contribution in [0.2, 0.25) is 0 Å². The fourth-order valence-corrected chi connectivity index (χ4v) is 0.965. The van der Waals surface area contributed by atoms with Crippen LogP contribution in [0.3, 0.4) is 0 Å². The normalized spacial score (nSPS) is 12.2. The third-order valence-corrected chi connectivity index (χ3v) is 1.75. The third-order valence-electron chi connectivity index (χ3n) is 1.75. The maximum absolute atomic E-state index is 12.0. The van der Waals surface area contributed by atoms with E-state index in [9.17, 15) is 17.6 Å². The van der Waals surface area contributed by atoms with Gasteiger partial charge in [-0.15, -0.1) is 29.1 Å². The maximum Gasteiger partial charge on any atom is 2.00 e. The van der Waals surface area contributed by atoms with Crippen molar-refractivity contribution >= 4 is 40.0 Å². The predicted octanol–water partition coefficient (Wildman–Crippen LogP) is 0.0411. The van der Waals surface area contributed by atoms with Gasteiger partial charge in [-0.05, 0) is 12.8 Å². The van der Waals surface area contributed by atoms with Crippen molar-refractivity contribution in [2.24, 2.45) is 0 Å². The third kappa shape index (κ3) is 7.50. The van der Waals surface area contributed by atoms with E-state index in [4.69, 9.17) is 4.74 Å². The number of benzene rings is 1. The van der Waals surface area contributed by atoms with E-state index in [1.807, 2.05) is 0 Å². The van der Waals surface area contributed by atoms with Crippen LogP contribution >= 0.6 is 17.0 Å². The minimum atomic E-state index is -1.83. The molecule has 1 saturated heterocycles. The van der Waals surface area contributed by atoms with E-state index >= 15 is 0 Å². The Morgan fingerprint density at radius 2 is 1.50 bits per heavy atom. The Hall–Kier alpha value is 0.0762. The summed E-state index contributed by atoms with van der Waals surface area (Å²) in [6.07, 6.45) is 2.56. The van der Waals surface area contributed by atoms with Crippen LogP contribution in [0.25, 0.3) is 0 Å². The average Bonchev–Trinajstić information content (AvgIpc) is 2.79. The van der Waals surface area contributed by atoms with Gasteiger partial charge < -0.3 is 9.44 Å². The maximum atomic E-state index is 12.0. The zero-order valence-electron chi connectivity index (χ0n) is 9.32. The molecule has 1 aromatic rings. The fraction of sp³-hybridized carbons (Fsp3) is 0.400. The molecular weight excluding hydrogens is 335 g/mol. The van der Waals surface area contributed by atoms with Gasteiger partial charge in [0.2, 0.25) is 0 Å². The molecule has 0 spiro atoms. The Labute approximate surface area is 128 Å². The van der Waals surface area contributed by atoms with Crippen LogP contribution in [-0.2, 0) is 4.74 Å². The Balaban J connectivity index is -0.000000245. The number of hydrogen-bond donors (Lipinski definition) is 0. The van der Waals surface area contributed by atoms with Gasteiger partial charge in [0.15, 0.2) is 0 Å². The van der Waals surface area contributed by atoms with Crippen molar-refractivity contribution in [3.63, 3.8) is 0 Å². The van der Waals surface area contributed by atoms with E-state index in [2.05, 4.69) is 0 Å². The molecule has 1 nitrogen and oxygen atoms in total. The summed E-state index contributed by atoms with van der Waals surface area (Å²) >= 11 is 0. The second kappa shape index (κ2) is 12.1. The van der Waals surface area contributed by atoms with Gasteiger partial charge >= 0.3 is 23.1 Å². The van der Waals surface area contributed by atoms with Crippen molar-refractivity contribution in [1.29, 1.82) is 0 Å². The van der Waals surface area contributed by atoms with Crippen LogP contribution in [0.1, 0.15) is 12.8 Å². The first kappa shape index (κ1) is 23.2. The zero-order chi connectivity index (χ0) is 11.3. The molecule has 18 heavy (non-hydrogen) atoms. The summed E-state index contributed by atoms with van der Waals surface area (Å²) < 4.78 is 52.8. The Kier molecular flexibility index (Phi) is 15.6. The first-order valence-corrected chi connectivity index (χ1v) is 4.41. The summed E-state index contributed by atoms with van der Waals surface area (Å²) in [6, 6.07) is 1.95. The molecule has 100 valence electrons. The quantitative estimate of drug-likeness (QED) is 0.212. The van der Waals surface area contributed by atoms with E-state index in [1.54, 1.807) is 6.07 Å². The largest absolute Gasteiger partial charge is 2.00 e. The monoisotopic (exact) mass is 344 g/mol. The number of halogens is 6. The molecule has 1 heterocycles. The molecule has 1 aliphatic rings. The van der Waals surface area contributed by atoms with Crippen LogP contribution < -0.4 is 4.70 Å². The molecule has 2 rings (SSSR count). The van der Waals surface area contributed by atoms with Crippen molar-refractivity contribution in [1.82, 2.24) is 0 Å². The molecule has 1 aliphatic heterocycles. The van der Waals surface area contributed by atoms with Gasteiger partial charge in [0.05, 0.1) is 11.6 Å². The molecule has 0 radical (unpaired) electrons. The van der Waals surface area contributed by atoms with Gasteiger partial charge in [-0.2, -0.15) is 0 Å². The first-order valence-electron chi connectivity index (χ1n) is 4.41. The summed E-state index contributed by atoms with van der Waals surface area (Å²) in [5.41, 5.74) is 0.